The molecule has 0 aliphatic rings. The molecule has 15 heavy (non-hydrogen) atoms. The number of nitrogen functional groups attached to an aromatic ring is 1. The average Bonchev–Trinajstić information content (AvgIpc) is 2.59. The van der Waals surface area contributed by atoms with Crippen LogP contribution in [0.25, 0.3) is 16.6 Å². The number of imidazole rings is 1. The molecule has 2 aromatic rings. The number of benzene rings is 1. The van der Waals surface area contributed by atoms with Crippen molar-refractivity contribution < 1.29 is 0 Å². The predicted molar refractivity (Wildman–Crippen MR) is 62.9 cm³/mol. The number of rotatable bonds is 2. The van der Waals surface area contributed by atoms with E-state index < -0.39 is 0 Å². The summed E-state index contributed by atoms with van der Waals surface area (Å²) in [5, 5.41) is 0. The molecular weight excluding hydrogens is 188 g/mol. The van der Waals surface area contributed by atoms with Gasteiger partial charge in [-0.05, 0) is 23.3 Å². The molecule has 0 radical (unpaired) electrons. The number of aromatic nitrogens is 2. The fourth-order valence-electron chi connectivity index (χ4n) is 1.49. The van der Waals surface area contributed by atoms with E-state index in [1.54, 1.807) is 6.08 Å². The molecule has 76 valence electrons. The first-order valence-electron chi connectivity index (χ1n) is 4.54. The molecule has 4 heteroatoms. The molecule has 0 aliphatic carbocycles. The van der Waals surface area contributed by atoms with Crippen LogP contribution in [0.2, 0.25) is 0 Å². The van der Waals surface area contributed by atoms with Crippen LogP contribution >= 0.6 is 0 Å². The topological polar surface area (TPSA) is 80.7 Å². The third kappa shape index (κ3) is 1.57. The molecular formula is C11H12N4. The Labute approximate surface area is 87.3 Å². The van der Waals surface area contributed by atoms with E-state index in [2.05, 4.69) is 16.5 Å². The molecule has 0 fully saturated rings. The molecule has 2 rings (SSSR count). The Balaban J connectivity index is 2.59. The van der Waals surface area contributed by atoms with Crippen molar-refractivity contribution in [2.45, 2.75) is 0 Å². The van der Waals surface area contributed by atoms with E-state index in [-0.39, 0.29) is 0 Å². The van der Waals surface area contributed by atoms with E-state index in [4.69, 9.17) is 11.5 Å². The molecule has 0 atom stereocenters. The standard InChI is InChI=1S/C11H12N4/c1-2-7(6-12)8-3-4-9-10(5-8)15-11(13)14-9/h2-6H,1,12H2,(H3,13,14,15)/b7-6+. The van der Waals surface area contributed by atoms with E-state index in [0.29, 0.717) is 5.95 Å². The molecule has 0 amide bonds. The van der Waals surface area contributed by atoms with Crippen molar-refractivity contribution in [1.29, 1.82) is 0 Å². The minimum absolute atomic E-state index is 0.416. The van der Waals surface area contributed by atoms with Crippen molar-refractivity contribution in [2.75, 3.05) is 5.73 Å². The van der Waals surface area contributed by atoms with Gasteiger partial charge in [0.25, 0.3) is 0 Å². The number of nitrogens with one attached hydrogen (secondary N) is 1. The average molecular weight is 200 g/mol. The van der Waals surface area contributed by atoms with Crippen LogP contribution in [0, 0.1) is 0 Å². The third-order valence-corrected chi connectivity index (χ3v) is 2.23. The summed E-state index contributed by atoms with van der Waals surface area (Å²) in [6, 6.07) is 5.78. The third-order valence-electron chi connectivity index (χ3n) is 2.23. The van der Waals surface area contributed by atoms with Crippen molar-refractivity contribution >= 4 is 22.6 Å². The normalized spacial score (nSPS) is 11.9. The molecule has 1 aromatic heterocycles. The largest absolute Gasteiger partial charge is 0.404 e. The second-order valence-corrected chi connectivity index (χ2v) is 3.18. The zero-order valence-electron chi connectivity index (χ0n) is 8.20. The number of allylic oxidation sites excluding steroid dienone is 2. The van der Waals surface area contributed by atoms with E-state index >= 15 is 0 Å². The summed E-state index contributed by atoms with van der Waals surface area (Å²) < 4.78 is 0. The first-order valence-corrected chi connectivity index (χ1v) is 4.54. The van der Waals surface area contributed by atoms with Gasteiger partial charge in [-0.1, -0.05) is 18.7 Å². The van der Waals surface area contributed by atoms with Gasteiger partial charge in [0.2, 0.25) is 0 Å². The lowest BCUT2D eigenvalue weighted by Crippen LogP contribution is -1.86. The van der Waals surface area contributed by atoms with E-state index in [0.717, 1.165) is 22.2 Å². The molecule has 0 saturated heterocycles. The molecule has 0 bridgehead atoms. The molecule has 5 N–H and O–H groups in total. The summed E-state index contributed by atoms with van der Waals surface area (Å²) in [5.41, 5.74) is 14.6. The van der Waals surface area contributed by atoms with Crippen molar-refractivity contribution in [3.8, 4) is 0 Å². The fraction of sp³-hybridized carbons (Fsp3) is 0. The molecule has 0 aliphatic heterocycles. The molecule has 0 spiro atoms. The number of H-pyrrole nitrogens is 1. The van der Waals surface area contributed by atoms with Gasteiger partial charge in [0.1, 0.15) is 0 Å². The number of nitrogens with zero attached hydrogens (tertiary/aromatic N) is 1. The Morgan fingerprint density at radius 3 is 2.93 bits per heavy atom. The van der Waals surface area contributed by atoms with Crippen molar-refractivity contribution in [3.63, 3.8) is 0 Å². The van der Waals surface area contributed by atoms with Crippen molar-refractivity contribution in [2.24, 2.45) is 5.73 Å². The van der Waals surface area contributed by atoms with Gasteiger partial charge in [0, 0.05) is 6.20 Å². The Bertz CT molecular complexity index is 537. The number of aromatic amines is 1. The van der Waals surface area contributed by atoms with Crippen LogP contribution in [0.15, 0.2) is 37.1 Å². The Morgan fingerprint density at radius 2 is 2.27 bits per heavy atom. The fourth-order valence-corrected chi connectivity index (χ4v) is 1.49. The predicted octanol–water partition coefficient (Wildman–Crippen LogP) is 1.63. The number of hydrogen-bond donors (Lipinski definition) is 3. The SMILES string of the molecule is C=C/C(=C\N)c1ccc2[nH]c(N)nc2c1. The maximum Gasteiger partial charge on any atom is 0.198 e. The highest BCUT2D eigenvalue weighted by atomic mass is 15.0. The number of nitrogens with two attached hydrogens (primary N) is 2. The first-order chi connectivity index (χ1) is 7.24. The van der Waals surface area contributed by atoms with E-state index in [1.807, 2.05) is 18.2 Å². The van der Waals surface area contributed by atoms with Gasteiger partial charge in [-0.25, -0.2) is 4.98 Å². The zero-order valence-corrected chi connectivity index (χ0v) is 8.20. The highest BCUT2D eigenvalue weighted by Gasteiger charge is 2.02. The van der Waals surface area contributed by atoms with Gasteiger partial charge in [-0.3, -0.25) is 0 Å². The lowest BCUT2D eigenvalue weighted by molar-refractivity contribution is 1.35. The Kier molecular flexibility index (Phi) is 2.17. The van der Waals surface area contributed by atoms with Crippen LogP contribution < -0.4 is 11.5 Å². The highest BCUT2D eigenvalue weighted by Crippen LogP contribution is 2.20. The van der Waals surface area contributed by atoms with Gasteiger partial charge in [0.05, 0.1) is 11.0 Å². The minimum Gasteiger partial charge on any atom is -0.404 e. The van der Waals surface area contributed by atoms with E-state index in [9.17, 15) is 0 Å². The van der Waals surface area contributed by atoms with Crippen LogP contribution in [0.4, 0.5) is 5.95 Å². The number of anilines is 1. The lowest BCUT2D eigenvalue weighted by Gasteiger charge is -2.00. The molecule has 0 saturated carbocycles. The van der Waals surface area contributed by atoms with Crippen molar-refractivity contribution in [1.82, 2.24) is 9.97 Å². The van der Waals surface area contributed by atoms with Gasteiger partial charge in [0.15, 0.2) is 5.95 Å². The van der Waals surface area contributed by atoms with Gasteiger partial charge < -0.3 is 16.5 Å². The summed E-state index contributed by atoms with van der Waals surface area (Å²) in [4.78, 5) is 7.10. The number of hydrogen-bond acceptors (Lipinski definition) is 3. The summed E-state index contributed by atoms with van der Waals surface area (Å²) >= 11 is 0. The van der Waals surface area contributed by atoms with Crippen LogP contribution in [0.5, 0.6) is 0 Å². The van der Waals surface area contributed by atoms with Crippen molar-refractivity contribution in [3.05, 3.63) is 42.6 Å². The molecule has 1 heterocycles. The van der Waals surface area contributed by atoms with Gasteiger partial charge >= 0.3 is 0 Å². The van der Waals surface area contributed by atoms with Crippen LogP contribution in [-0.2, 0) is 0 Å². The smallest absolute Gasteiger partial charge is 0.198 e. The minimum atomic E-state index is 0.416. The molecule has 4 nitrogen and oxygen atoms in total. The maximum atomic E-state index is 5.56. The quantitative estimate of drug-likeness (QED) is 0.644. The molecule has 1 aromatic carbocycles. The van der Waals surface area contributed by atoms with E-state index in [1.165, 1.54) is 6.20 Å². The summed E-state index contributed by atoms with van der Waals surface area (Å²) in [7, 11) is 0. The Hall–Kier alpha value is -2.23. The first kappa shape index (κ1) is 9.33. The van der Waals surface area contributed by atoms with Gasteiger partial charge in [-0.15, -0.1) is 0 Å². The summed E-state index contributed by atoms with van der Waals surface area (Å²) in [5.74, 6) is 0.416. The zero-order chi connectivity index (χ0) is 10.8. The van der Waals surface area contributed by atoms with Gasteiger partial charge in [-0.2, -0.15) is 0 Å². The second kappa shape index (κ2) is 3.49. The van der Waals surface area contributed by atoms with Crippen LogP contribution in [0.3, 0.4) is 0 Å². The number of fused-ring (bicyclic) bond motifs is 1. The second-order valence-electron chi connectivity index (χ2n) is 3.18. The lowest BCUT2D eigenvalue weighted by atomic mass is 10.1. The Morgan fingerprint density at radius 1 is 1.47 bits per heavy atom. The highest BCUT2D eigenvalue weighted by molar-refractivity contribution is 5.84. The summed E-state index contributed by atoms with van der Waals surface area (Å²) in [6.45, 7) is 3.69. The van der Waals surface area contributed by atoms with Crippen LogP contribution in [0.1, 0.15) is 5.56 Å². The van der Waals surface area contributed by atoms with Crippen LogP contribution in [-0.4, -0.2) is 9.97 Å². The monoisotopic (exact) mass is 200 g/mol. The summed E-state index contributed by atoms with van der Waals surface area (Å²) in [6.07, 6.45) is 3.22. The molecule has 0 unspecified atom stereocenters. The maximum absolute atomic E-state index is 5.56.